The number of methoxy groups -OCH3 is 1. The first-order valence-electron chi connectivity index (χ1n) is 10.1. The van der Waals surface area contributed by atoms with Crippen LogP contribution in [0.2, 0.25) is 0 Å². The van der Waals surface area contributed by atoms with E-state index in [4.69, 9.17) is 4.74 Å². The van der Waals surface area contributed by atoms with Gasteiger partial charge in [0.15, 0.2) is 0 Å². The lowest BCUT2D eigenvalue weighted by molar-refractivity contribution is 0.262. The normalized spacial score (nSPS) is 19.1. The van der Waals surface area contributed by atoms with Crippen LogP contribution in [0.4, 0.5) is 5.82 Å². The monoisotopic (exact) mass is 363 g/mol. The van der Waals surface area contributed by atoms with Crippen molar-refractivity contribution in [1.29, 1.82) is 0 Å². The molecule has 1 saturated heterocycles. The third-order valence-electron chi connectivity index (χ3n) is 5.75. The number of fused-ring (bicyclic) bond motifs is 1. The fourth-order valence-electron chi connectivity index (χ4n) is 4.28. The van der Waals surface area contributed by atoms with Crippen LogP contribution in [0.3, 0.4) is 0 Å². The predicted molar refractivity (Wildman–Crippen MR) is 111 cm³/mol. The van der Waals surface area contributed by atoms with Crippen LogP contribution in [0, 0.1) is 0 Å². The summed E-state index contributed by atoms with van der Waals surface area (Å²) in [4.78, 5) is 9.44. The van der Waals surface area contributed by atoms with Gasteiger partial charge in [-0.15, -0.1) is 0 Å². The van der Waals surface area contributed by atoms with Crippen LogP contribution in [-0.4, -0.2) is 49.7 Å². The molecule has 0 amide bonds. The molecule has 0 N–H and O–H groups in total. The van der Waals surface area contributed by atoms with Crippen LogP contribution in [0.1, 0.15) is 30.4 Å². The predicted octanol–water partition coefficient (Wildman–Crippen LogP) is 4.02. The van der Waals surface area contributed by atoms with Gasteiger partial charge < -0.3 is 9.64 Å². The summed E-state index contributed by atoms with van der Waals surface area (Å²) in [7, 11) is 1.78. The maximum Gasteiger partial charge on any atom is 0.128 e. The van der Waals surface area contributed by atoms with E-state index in [9.17, 15) is 0 Å². The summed E-state index contributed by atoms with van der Waals surface area (Å²) in [6.07, 6.45) is 9.00. The fraction of sp³-hybridized carbons (Fsp3) is 0.435. The molecule has 0 saturated carbocycles. The number of ether oxygens (including phenoxy) is 1. The number of hydrogen-bond acceptors (Lipinski definition) is 4. The van der Waals surface area contributed by atoms with E-state index in [2.05, 4.69) is 51.2 Å². The Labute approximate surface area is 162 Å². The van der Waals surface area contributed by atoms with Gasteiger partial charge in [0.05, 0.1) is 7.11 Å². The van der Waals surface area contributed by atoms with Crippen molar-refractivity contribution in [2.45, 2.75) is 25.7 Å². The van der Waals surface area contributed by atoms with Crippen molar-refractivity contribution in [3.05, 3.63) is 59.8 Å². The van der Waals surface area contributed by atoms with Crippen molar-refractivity contribution in [3.63, 3.8) is 0 Å². The summed E-state index contributed by atoms with van der Waals surface area (Å²) in [5, 5.41) is 0. The van der Waals surface area contributed by atoms with Crippen molar-refractivity contribution in [3.8, 4) is 5.75 Å². The average molecular weight is 364 g/mol. The minimum absolute atomic E-state index is 1.05. The summed E-state index contributed by atoms with van der Waals surface area (Å²) in [5.74, 6) is 2.15. The molecule has 2 heterocycles. The molecule has 2 aliphatic rings. The number of piperazine rings is 1. The van der Waals surface area contributed by atoms with Gasteiger partial charge in [0.2, 0.25) is 0 Å². The highest BCUT2D eigenvalue weighted by molar-refractivity contribution is 5.72. The Morgan fingerprint density at radius 3 is 2.70 bits per heavy atom. The van der Waals surface area contributed by atoms with Gasteiger partial charge >= 0.3 is 0 Å². The van der Waals surface area contributed by atoms with E-state index in [1.54, 1.807) is 7.11 Å². The first kappa shape index (κ1) is 18.1. The largest absolute Gasteiger partial charge is 0.496 e. The Kier molecular flexibility index (Phi) is 5.73. The number of anilines is 1. The standard InChI is InChI=1S/C23H29N3O/c1-27-22-11-5-9-20-19(7-4-10-21(20)22)8-6-14-25-15-17-26(18-16-25)23-12-2-3-13-24-23/h2-3,5,8-9,11-13H,4,6-7,10,14-18H2,1H3/b19-8-. The Hall–Kier alpha value is -2.33. The third kappa shape index (κ3) is 4.16. The van der Waals surface area contributed by atoms with Gasteiger partial charge in [-0.25, -0.2) is 4.98 Å². The molecule has 4 nitrogen and oxygen atoms in total. The highest BCUT2D eigenvalue weighted by atomic mass is 16.5. The Balaban J connectivity index is 1.32. The number of pyridine rings is 1. The minimum Gasteiger partial charge on any atom is -0.496 e. The van der Waals surface area contributed by atoms with Crippen LogP contribution in [0.5, 0.6) is 5.75 Å². The molecule has 142 valence electrons. The maximum atomic E-state index is 5.56. The van der Waals surface area contributed by atoms with Crippen molar-refractivity contribution >= 4 is 11.4 Å². The Morgan fingerprint density at radius 1 is 1.04 bits per heavy atom. The first-order valence-corrected chi connectivity index (χ1v) is 10.1. The summed E-state index contributed by atoms with van der Waals surface area (Å²) in [5.41, 5.74) is 4.30. The van der Waals surface area contributed by atoms with Gasteiger partial charge in [0.1, 0.15) is 11.6 Å². The lowest BCUT2D eigenvalue weighted by Gasteiger charge is -2.35. The smallest absolute Gasteiger partial charge is 0.128 e. The van der Waals surface area contributed by atoms with E-state index in [-0.39, 0.29) is 0 Å². The third-order valence-corrected chi connectivity index (χ3v) is 5.75. The zero-order valence-corrected chi connectivity index (χ0v) is 16.2. The maximum absolute atomic E-state index is 5.56. The second-order valence-electron chi connectivity index (χ2n) is 7.37. The summed E-state index contributed by atoms with van der Waals surface area (Å²) < 4.78 is 5.56. The first-order chi connectivity index (χ1) is 13.3. The average Bonchev–Trinajstić information content (AvgIpc) is 2.74. The van der Waals surface area contributed by atoms with Crippen molar-refractivity contribution < 1.29 is 4.74 Å². The molecule has 1 aliphatic carbocycles. The van der Waals surface area contributed by atoms with E-state index in [1.807, 2.05) is 12.3 Å². The number of aromatic nitrogens is 1. The topological polar surface area (TPSA) is 28.6 Å². The second kappa shape index (κ2) is 8.57. The van der Waals surface area contributed by atoms with Gasteiger partial charge in [-0.05, 0) is 55.0 Å². The SMILES string of the molecule is COc1cccc2c1CCC/C2=C/CCN1CCN(c2ccccn2)CC1. The lowest BCUT2D eigenvalue weighted by atomic mass is 9.86. The molecule has 1 fully saturated rings. The Bertz CT molecular complexity index is 779. The van der Waals surface area contributed by atoms with Crippen molar-refractivity contribution in [1.82, 2.24) is 9.88 Å². The highest BCUT2D eigenvalue weighted by Gasteiger charge is 2.19. The molecule has 2 aromatic rings. The number of benzene rings is 1. The highest BCUT2D eigenvalue weighted by Crippen LogP contribution is 2.36. The number of allylic oxidation sites excluding steroid dienone is 1. The van der Waals surface area contributed by atoms with Gasteiger partial charge in [-0.1, -0.05) is 24.3 Å². The second-order valence-corrected chi connectivity index (χ2v) is 7.37. The fourth-order valence-corrected chi connectivity index (χ4v) is 4.28. The lowest BCUT2D eigenvalue weighted by Crippen LogP contribution is -2.46. The van der Waals surface area contributed by atoms with Crippen LogP contribution in [0.25, 0.3) is 5.57 Å². The molecule has 1 aromatic carbocycles. The Morgan fingerprint density at radius 2 is 1.93 bits per heavy atom. The zero-order chi connectivity index (χ0) is 18.5. The molecule has 0 atom stereocenters. The van der Waals surface area contributed by atoms with Crippen LogP contribution in [-0.2, 0) is 6.42 Å². The quantitative estimate of drug-likeness (QED) is 0.802. The molecule has 4 rings (SSSR count). The van der Waals surface area contributed by atoms with Crippen LogP contribution < -0.4 is 9.64 Å². The summed E-state index contributed by atoms with van der Waals surface area (Å²) in [6, 6.07) is 12.6. The minimum atomic E-state index is 1.05. The molecule has 0 bridgehead atoms. The van der Waals surface area contributed by atoms with E-state index in [1.165, 1.54) is 29.5 Å². The van der Waals surface area contributed by atoms with E-state index in [0.29, 0.717) is 0 Å². The van der Waals surface area contributed by atoms with Gasteiger partial charge in [0.25, 0.3) is 0 Å². The summed E-state index contributed by atoms with van der Waals surface area (Å²) in [6.45, 7) is 5.49. The van der Waals surface area contributed by atoms with E-state index >= 15 is 0 Å². The molecule has 1 aromatic heterocycles. The molecular weight excluding hydrogens is 334 g/mol. The van der Waals surface area contributed by atoms with E-state index in [0.717, 1.165) is 57.1 Å². The summed E-state index contributed by atoms with van der Waals surface area (Å²) >= 11 is 0. The van der Waals surface area contributed by atoms with Gasteiger partial charge in [-0.2, -0.15) is 0 Å². The molecule has 0 radical (unpaired) electrons. The molecular formula is C23H29N3O. The zero-order valence-electron chi connectivity index (χ0n) is 16.2. The number of rotatable bonds is 5. The molecule has 0 unspecified atom stereocenters. The number of hydrogen-bond donors (Lipinski definition) is 0. The molecule has 4 heteroatoms. The molecule has 1 aliphatic heterocycles. The number of nitrogens with zero attached hydrogens (tertiary/aromatic N) is 3. The molecule has 0 spiro atoms. The van der Waals surface area contributed by atoms with Gasteiger partial charge in [-0.3, -0.25) is 4.90 Å². The van der Waals surface area contributed by atoms with Crippen LogP contribution >= 0.6 is 0 Å². The van der Waals surface area contributed by atoms with Gasteiger partial charge in [0, 0.05) is 44.5 Å². The molecule has 27 heavy (non-hydrogen) atoms. The van der Waals surface area contributed by atoms with E-state index < -0.39 is 0 Å². The van der Waals surface area contributed by atoms with Crippen LogP contribution in [0.15, 0.2) is 48.7 Å². The van der Waals surface area contributed by atoms with Crippen molar-refractivity contribution in [2.75, 3.05) is 44.7 Å². The van der Waals surface area contributed by atoms with Crippen molar-refractivity contribution in [2.24, 2.45) is 0 Å².